The molecule has 1 saturated heterocycles. The molecule has 6 heteroatoms. The molecule has 1 unspecified atom stereocenters. The molecular weight excluding hydrogens is 348 g/mol. The molecule has 1 aromatic carbocycles. The number of carbonyl (C=O) groups is 2. The number of carbonyl (C=O) groups excluding carboxylic acids is 2. The molecule has 1 aliphatic rings. The number of hydrogen-bond donors (Lipinski definition) is 0. The number of aryl methyl sites for hydroxylation is 1. The molecule has 2 heterocycles. The quantitative estimate of drug-likeness (QED) is 0.746. The van der Waals surface area contributed by atoms with Gasteiger partial charge in [-0.2, -0.15) is 0 Å². The van der Waals surface area contributed by atoms with Crippen molar-refractivity contribution in [2.75, 3.05) is 13.7 Å². The van der Waals surface area contributed by atoms with Crippen molar-refractivity contribution in [3.8, 4) is 5.75 Å². The van der Waals surface area contributed by atoms with Crippen LogP contribution < -0.4 is 4.74 Å². The largest absolute Gasteiger partial charge is 0.493 e. The summed E-state index contributed by atoms with van der Waals surface area (Å²) in [6.07, 6.45) is 4.21. The second-order valence-corrected chi connectivity index (χ2v) is 7.38. The van der Waals surface area contributed by atoms with Crippen LogP contribution in [0.5, 0.6) is 5.75 Å². The minimum atomic E-state index is -0.323. The summed E-state index contributed by atoms with van der Waals surface area (Å²) in [6.45, 7) is 2.68. The molecule has 5 nitrogen and oxygen atoms in total. The van der Waals surface area contributed by atoms with Crippen molar-refractivity contribution in [2.45, 2.75) is 31.4 Å². The van der Waals surface area contributed by atoms with Crippen molar-refractivity contribution >= 4 is 22.9 Å². The summed E-state index contributed by atoms with van der Waals surface area (Å²) in [5, 5.41) is -0.503. The van der Waals surface area contributed by atoms with Crippen molar-refractivity contribution < 1.29 is 14.3 Å². The fraction of sp³-hybridized carbons (Fsp3) is 0.350. The number of ether oxygens (including phenoxy) is 1. The number of amides is 2. The lowest BCUT2D eigenvalue weighted by Crippen LogP contribution is -2.28. The van der Waals surface area contributed by atoms with Gasteiger partial charge in [-0.25, -0.2) is 0 Å². The number of aromatic nitrogens is 1. The first-order chi connectivity index (χ1) is 12.6. The number of nitrogens with zero attached hydrogens (tertiary/aromatic N) is 2. The van der Waals surface area contributed by atoms with E-state index >= 15 is 0 Å². The summed E-state index contributed by atoms with van der Waals surface area (Å²) >= 11 is 1.09. The van der Waals surface area contributed by atoms with Crippen molar-refractivity contribution in [3.05, 3.63) is 59.4 Å². The third-order valence-corrected chi connectivity index (χ3v) is 5.52. The second kappa shape index (κ2) is 8.36. The first-order valence-corrected chi connectivity index (χ1v) is 9.58. The number of rotatable bonds is 7. The summed E-state index contributed by atoms with van der Waals surface area (Å²) in [4.78, 5) is 29.1. The van der Waals surface area contributed by atoms with Crippen LogP contribution in [-0.4, -0.2) is 39.9 Å². The van der Waals surface area contributed by atoms with Gasteiger partial charge < -0.3 is 4.74 Å². The van der Waals surface area contributed by atoms with Crippen molar-refractivity contribution in [3.63, 3.8) is 0 Å². The van der Waals surface area contributed by atoms with E-state index in [0.717, 1.165) is 41.6 Å². The number of pyridine rings is 1. The predicted octanol–water partition coefficient (Wildman–Crippen LogP) is 3.50. The maximum Gasteiger partial charge on any atom is 0.288 e. The van der Waals surface area contributed by atoms with E-state index in [1.807, 2.05) is 36.5 Å². The summed E-state index contributed by atoms with van der Waals surface area (Å²) in [5.74, 6) is 0.666. The van der Waals surface area contributed by atoms with Gasteiger partial charge in [0.1, 0.15) is 5.75 Å². The minimum Gasteiger partial charge on any atom is -0.493 e. The van der Waals surface area contributed by atoms with Gasteiger partial charge in [-0.3, -0.25) is 19.5 Å². The maximum absolute atomic E-state index is 12.0. The van der Waals surface area contributed by atoms with Crippen molar-refractivity contribution in [1.82, 2.24) is 9.88 Å². The van der Waals surface area contributed by atoms with Gasteiger partial charge in [-0.05, 0) is 42.2 Å². The Morgan fingerprint density at radius 3 is 2.42 bits per heavy atom. The molecule has 2 amide bonds. The first kappa shape index (κ1) is 18.5. The van der Waals surface area contributed by atoms with Gasteiger partial charge in [-0.15, -0.1) is 0 Å². The van der Waals surface area contributed by atoms with E-state index in [9.17, 15) is 9.59 Å². The fourth-order valence-electron chi connectivity index (χ4n) is 2.71. The molecule has 1 aromatic heterocycles. The molecule has 3 rings (SSSR count). The summed E-state index contributed by atoms with van der Waals surface area (Å²) in [5.41, 5.74) is 3.27. The highest BCUT2D eigenvalue weighted by Crippen LogP contribution is 2.28. The average molecular weight is 370 g/mol. The summed E-state index contributed by atoms with van der Waals surface area (Å²) in [6, 6.07) is 11.8. The zero-order chi connectivity index (χ0) is 18.5. The van der Waals surface area contributed by atoms with Crippen LogP contribution in [0.3, 0.4) is 0 Å². The third-order valence-electron chi connectivity index (χ3n) is 4.39. The van der Waals surface area contributed by atoms with Crippen LogP contribution in [0.25, 0.3) is 0 Å². The smallest absolute Gasteiger partial charge is 0.288 e. The molecule has 2 aromatic rings. The SMILES string of the molecule is CCc1ccc(CCOc2ccc(CC3SC(=O)N(C)C3=O)cc2)nc1. The Hall–Kier alpha value is -2.34. The van der Waals surface area contributed by atoms with E-state index < -0.39 is 0 Å². The minimum absolute atomic E-state index is 0.123. The van der Waals surface area contributed by atoms with Crippen molar-refractivity contribution in [1.29, 1.82) is 0 Å². The Morgan fingerprint density at radius 2 is 1.85 bits per heavy atom. The summed E-state index contributed by atoms with van der Waals surface area (Å²) in [7, 11) is 1.53. The van der Waals surface area contributed by atoms with Gasteiger partial charge >= 0.3 is 0 Å². The molecule has 0 spiro atoms. The van der Waals surface area contributed by atoms with Crippen LogP contribution in [0.1, 0.15) is 23.7 Å². The van der Waals surface area contributed by atoms with Crippen molar-refractivity contribution in [2.24, 2.45) is 0 Å². The molecule has 136 valence electrons. The molecule has 0 saturated carbocycles. The first-order valence-electron chi connectivity index (χ1n) is 8.70. The van der Waals surface area contributed by atoms with Gasteiger partial charge in [0.2, 0.25) is 5.91 Å². The van der Waals surface area contributed by atoms with E-state index in [-0.39, 0.29) is 16.4 Å². The van der Waals surface area contributed by atoms with Crippen LogP contribution in [0.15, 0.2) is 42.6 Å². The standard InChI is InChI=1S/C20H22N2O3S/c1-3-14-4-7-16(21-13-14)10-11-25-17-8-5-15(6-9-17)12-18-19(23)22(2)20(24)26-18/h4-9,13,18H,3,10-12H2,1-2H3. The van der Waals surface area contributed by atoms with Gasteiger partial charge in [0.25, 0.3) is 5.24 Å². The predicted molar refractivity (Wildman–Crippen MR) is 103 cm³/mol. The molecule has 1 atom stereocenters. The Morgan fingerprint density at radius 1 is 1.12 bits per heavy atom. The molecule has 0 radical (unpaired) electrons. The molecule has 1 fully saturated rings. The van der Waals surface area contributed by atoms with Crippen LogP contribution in [-0.2, 0) is 24.1 Å². The molecule has 0 bridgehead atoms. The summed E-state index contributed by atoms with van der Waals surface area (Å²) < 4.78 is 5.77. The van der Waals surface area contributed by atoms with Crippen LogP contribution in [0.4, 0.5) is 4.79 Å². The lowest BCUT2D eigenvalue weighted by Gasteiger charge is -2.09. The lowest BCUT2D eigenvalue weighted by atomic mass is 10.1. The van der Waals surface area contributed by atoms with Gasteiger partial charge in [0.05, 0.1) is 11.9 Å². The van der Waals surface area contributed by atoms with E-state index in [1.165, 1.54) is 17.5 Å². The monoisotopic (exact) mass is 370 g/mol. The number of imide groups is 1. The highest BCUT2D eigenvalue weighted by Gasteiger charge is 2.36. The average Bonchev–Trinajstić information content (AvgIpc) is 2.90. The molecule has 0 N–H and O–H groups in total. The number of benzene rings is 1. The number of hydrogen-bond acceptors (Lipinski definition) is 5. The molecular formula is C20H22N2O3S. The topological polar surface area (TPSA) is 59.5 Å². The highest BCUT2D eigenvalue weighted by molar-refractivity contribution is 8.15. The highest BCUT2D eigenvalue weighted by atomic mass is 32.2. The third kappa shape index (κ3) is 4.43. The second-order valence-electron chi connectivity index (χ2n) is 6.23. The van der Waals surface area contributed by atoms with E-state index in [2.05, 4.69) is 18.0 Å². The maximum atomic E-state index is 12.0. The van der Waals surface area contributed by atoms with Crippen LogP contribution in [0, 0.1) is 0 Å². The van der Waals surface area contributed by atoms with Crippen LogP contribution in [0.2, 0.25) is 0 Å². The fourth-order valence-corrected chi connectivity index (χ4v) is 3.73. The Balaban J connectivity index is 1.48. The van der Waals surface area contributed by atoms with Gasteiger partial charge in [0.15, 0.2) is 0 Å². The zero-order valence-corrected chi connectivity index (χ0v) is 15.8. The Kier molecular flexibility index (Phi) is 5.93. The lowest BCUT2D eigenvalue weighted by molar-refractivity contribution is -0.125. The van der Waals surface area contributed by atoms with E-state index in [1.54, 1.807) is 0 Å². The molecule has 0 aliphatic carbocycles. The zero-order valence-electron chi connectivity index (χ0n) is 15.0. The molecule has 26 heavy (non-hydrogen) atoms. The molecule has 1 aliphatic heterocycles. The normalized spacial score (nSPS) is 17.0. The van der Waals surface area contributed by atoms with Gasteiger partial charge in [-0.1, -0.05) is 36.9 Å². The Bertz CT molecular complexity index is 775. The van der Waals surface area contributed by atoms with E-state index in [4.69, 9.17) is 4.74 Å². The number of thioether (sulfide) groups is 1. The van der Waals surface area contributed by atoms with Crippen LogP contribution >= 0.6 is 11.8 Å². The van der Waals surface area contributed by atoms with Gasteiger partial charge in [0, 0.05) is 25.4 Å². The Labute approximate surface area is 157 Å². The van der Waals surface area contributed by atoms with E-state index in [0.29, 0.717) is 13.0 Å².